The third-order valence-electron chi connectivity index (χ3n) is 4.23. The van der Waals surface area contributed by atoms with Gasteiger partial charge < -0.3 is 4.57 Å². The van der Waals surface area contributed by atoms with Crippen molar-refractivity contribution in [3.05, 3.63) is 29.3 Å². The van der Waals surface area contributed by atoms with Gasteiger partial charge in [0.2, 0.25) is 0 Å². The van der Waals surface area contributed by atoms with Gasteiger partial charge in [0.25, 0.3) is 0 Å². The van der Waals surface area contributed by atoms with Crippen LogP contribution < -0.4 is 0 Å². The largest absolute Gasteiger partial charge is 0.323 e. The quantitative estimate of drug-likeness (QED) is 0.714. The second kappa shape index (κ2) is 5.03. The minimum absolute atomic E-state index is 0.159. The zero-order valence-corrected chi connectivity index (χ0v) is 12.9. The summed E-state index contributed by atoms with van der Waals surface area (Å²) in [4.78, 5) is 4.56. The molecular weight excluding hydrogens is 275 g/mol. The molecule has 1 aliphatic carbocycles. The Labute approximate surface area is 123 Å². The lowest BCUT2D eigenvalue weighted by atomic mass is 10.2. The molecule has 1 aliphatic rings. The van der Waals surface area contributed by atoms with Crippen LogP contribution in [0.3, 0.4) is 0 Å². The van der Waals surface area contributed by atoms with Gasteiger partial charge in [-0.1, -0.05) is 13.3 Å². The number of nitrogens with zero attached hydrogens (tertiary/aromatic N) is 2. The van der Waals surface area contributed by atoms with Crippen LogP contribution in [0.15, 0.2) is 12.1 Å². The molecule has 3 rings (SSSR count). The Morgan fingerprint density at radius 1 is 1.50 bits per heavy atom. The van der Waals surface area contributed by atoms with Gasteiger partial charge in [-0.15, -0.1) is 11.6 Å². The summed E-state index contributed by atoms with van der Waals surface area (Å²) < 4.78 is 16.0. The van der Waals surface area contributed by atoms with Gasteiger partial charge in [-0.2, -0.15) is 0 Å². The summed E-state index contributed by atoms with van der Waals surface area (Å²) in [6.45, 7) is 5.94. The van der Waals surface area contributed by atoms with Gasteiger partial charge in [-0.05, 0) is 44.2 Å². The van der Waals surface area contributed by atoms with Crippen LogP contribution in [0.25, 0.3) is 11.0 Å². The lowest BCUT2D eigenvalue weighted by Crippen LogP contribution is -2.04. The predicted molar refractivity (Wildman–Crippen MR) is 80.7 cm³/mol. The summed E-state index contributed by atoms with van der Waals surface area (Å²) in [5.74, 6) is 1.39. The summed E-state index contributed by atoms with van der Waals surface area (Å²) in [7, 11) is 0. The Hall–Kier alpha value is -1.09. The number of hydrogen-bond acceptors (Lipinski definition) is 1. The third-order valence-corrected chi connectivity index (χ3v) is 4.42. The molecule has 0 saturated heterocycles. The van der Waals surface area contributed by atoms with E-state index in [9.17, 15) is 4.39 Å². The van der Waals surface area contributed by atoms with Crippen LogP contribution in [0, 0.1) is 18.7 Å². The normalized spacial score (nSPS) is 23.2. The first-order chi connectivity index (χ1) is 9.52. The predicted octanol–water partition coefficient (Wildman–Crippen LogP) is 5.14. The van der Waals surface area contributed by atoms with E-state index < -0.39 is 0 Å². The standard InChI is InChI=1S/C16H20ClFN2/c1-4-5-11-7-14(11)20-15-6-9(2)12(18)8-13(15)19-16(20)10(3)17/h6,8,10-11,14H,4-5,7H2,1-3H3. The van der Waals surface area contributed by atoms with Crippen LogP contribution in [0.5, 0.6) is 0 Å². The molecule has 1 saturated carbocycles. The van der Waals surface area contributed by atoms with Gasteiger partial charge in [0.05, 0.1) is 16.4 Å². The van der Waals surface area contributed by atoms with Crippen LogP contribution in [0.1, 0.15) is 55.9 Å². The van der Waals surface area contributed by atoms with Gasteiger partial charge in [0.1, 0.15) is 11.6 Å². The molecule has 0 bridgehead atoms. The summed E-state index contributed by atoms with van der Waals surface area (Å²) >= 11 is 6.28. The van der Waals surface area contributed by atoms with Crippen molar-refractivity contribution in [3.63, 3.8) is 0 Å². The highest BCUT2D eigenvalue weighted by atomic mass is 35.5. The van der Waals surface area contributed by atoms with E-state index in [-0.39, 0.29) is 11.2 Å². The Balaban J connectivity index is 2.12. The molecule has 4 heteroatoms. The van der Waals surface area contributed by atoms with E-state index in [0.717, 1.165) is 22.8 Å². The fraction of sp³-hybridized carbons (Fsp3) is 0.562. The number of fused-ring (bicyclic) bond motifs is 1. The van der Waals surface area contributed by atoms with E-state index in [0.29, 0.717) is 11.6 Å². The zero-order chi connectivity index (χ0) is 14.4. The van der Waals surface area contributed by atoms with Crippen LogP contribution in [-0.2, 0) is 0 Å². The Kier molecular flexibility index (Phi) is 3.49. The maximum atomic E-state index is 13.7. The number of imidazole rings is 1. The molecule has 1 aromatic carbocycles. The molecule has 2 aromatic rings. The highest BCUT2D eigenvalue weighted by molar-refractivity contribution is 6.20. The Morgan fingerprint density at radius 2 is 2.25 bits per heavy atom. The second-order valence-corrected chi connectivity index (χ2v) is 6.55. The molecule has 1 fully saturated rings. The monoisotopic (exact) mass is 294 g/mol. The van der Waals surface area contributed by atoms with Crippen molar-refractivity contribution in [3.8, 4) is 0 Å². The first-order valence-electron chi connectivity index (χ1n) is 7.35. The molecule has 108 valence electrons. The molecule has 1 heterocycles. The third kappa shape index (κ3) is 2.22. The average Bonchev–Trinajstić information content (AvgIpc) is 3.04. The van der Waals surface area contributed by atoms with E-state index in [4.69, 9.17) is 11.6 Å². The number of halogens is 2. The fourth-order valence-corrected chi connectivity index (χ4v) is 3.25. The number of hydrogen-bond donors (Lipinski definition) is 0. The van der Waals surface area contributed by atoms with E-state index in [2.05, 4.69) is 16.5 Å². The summed E-state index contributed by atoms with van der Waals surface area (Å²) in [6, 6.07) is 3.92. The average molecular weight is 295 g/mol. The molecule has 3 atom stereocenters. The topological polar surface area (TPSA) is 17.8 Å². The SMILES string of the molecule is CCCC1CC1n1c(C(C)Cl)nc2cc(F)c(C)cc21. The van der Waals surface area contributed by atoms with E-state index >= 15 is 0 Å². The highest BCUT2D eigenvalue weighted by Crippen LogP contribution is 2.49. The lowest BCUT2D eigenvalue weighted by Gasteiger charge is -2.10. The van der Waals surface area contributed by atoms with Crippen molar-refractivity contribution in [2.45, 2.75) is 51.5 Å². The molecule has 0 N–H and O–H groups in total. The molecule has 0 amide bonds. The van der Waals surface area contributed by atoms with Gasteiger partial charge in [-0.3, -0.25) is 0 Å². The van der Waals surface area contributed by atoms with Crippen molar-refractivity contribution in [1.82, 2.24) is 9.55 Å². The summed E-state index contributed by atoms with van der Waals surface area (Å²) in [5, 5.41) is -0.159. The second-order valence-electron chi connectivity index (χ2n) is 5.90. The highest BCUT2D eigenvalue weighted by Gasteiger charge is 2.40. The van der Waals surface area contributed by atoms with Crippen LogP contribution >= 0.6 is 11.6 Å². The maximum absolute atomic E-state index is 13.7. The van der Waals surface area contributed by atoms with Crippen LogP contribution in [-0.4, -0.2) is 9.55 Å². The Morgan fingerprint density at radius 3 is 2.90 bits per heavy atom. The molecule has 0 aliphatic heterocycles. The maximum Gasteiger partial charge on any atom is 0.128 e. The smallest absolute Gasteiger partial charge is 0.128 e. The summed E-state index contributed by atoms with van der Waals surface area (Å²) in [6.07, 6.45) is 3.63. The zero-order valence-electron chi connectivity index (χ0n) is 12.2. The van der Waals surface area contributed by atoms with Gasteiger partial charge in [0, 0.05) is 12.1 Å². The Bertz CT molecular complexity index is 647. The summed E-state index contributed by atoms with van der Waals surface area (Å²) in [5.41, 5.74) is 2.41. The van der Waals surface area contributed by atoms with E-state index in [1.165, 1.54) is 25.3 Å². The molecule has 0 spiro atoms. The number of aryl methyl sites for hydroxylation is 1. The van der Waals surface area contributed by atoms with Crippen molar-refractivity contribution in [2.75, 3.05) is 0 Å². The van der Waals surface area contributed by atoms with E-state index in [1.54, 1.807) is 6.92 Å². The van der Waals surface area contributed by atoms with Gasteiger partial charge >= 0.3 is 0 Å². The molecule has 1 aromatic heterocycles. The minimum atomic E-state index is -0.197. The molecular formula is C16H20ClFN2. The minimum Gasteiger partial charge on any atom is -0.323 e. The number of benzene rings is 1. The van der Waals surface area contributed by atoms with Gasteiger partial charge in [-0.25, -0.2) is 9.37 Å². The van der Waals surface area contributed by atoms with Gasteiger partial charge in [0.15, 0.2) is 0 Å². The lowest BCUT2D eigenvalue weighted by molar-refractivity contribution is 0.597. The molecule has 0 radical (unpaired) electrons. The van der Waals surface area contributed by atoms with E-state index in [1.807, 2.05) is 13.0 Å². The van der Waals surface area contributed by atoms with Crippen molar-refractivity contribution < 1.29 is 4.39 Å². The molecule has 3 unspecified atom stereocenters. The first kappa shape index (κ1) is 13.9. The molecule has 2 nitrogen and oxygen atoms in total. The number of rotatable bonds is 4. The molecule has 20 heavy (non-hydrogen) atoms. The van der Waals surface area contributed by atoms with Crippen LogP contribution in [0.2, 0.25) is 0 Å². The number of aromatic nitrogens is 2. The fourth-order valence-electron chi connectivity index (χ4n) is 3.10. The van der Waals surface area contributed by atoms with Crippen LogP contribution in [0.4, 0.5) is 4.39 Å². The number of alkyl halides is 1. The van der Waals surface area contributed by atoms with Crippen molar-refractivity contribution in [2.24, 2.45) is 5.92 Å². The van der Waals surface area contributed by atoms with Crippen molar-refractivity contribution >= 4 is 22.6 Å². The first-order valence-corrected chi connectivity index (χ1v) is 7.78. The van der Waals surface area contributed by atoms with Crippen molar-refractivity contribution in [1.29, 1.82) is 0 Å².